The molecule has 0 bridgehead atoms. The van der Waals surface area contributed by atoms with E-state index in [4.69, 9.17) is 0 Å². The molecule has 0 atom stereocenters. The summed E-state index contributed by atoms with van der Waals surface area (Å²) in [5.41, 5.74) is 18.2. The second kappa shape index (κ2) is 24.9. The molecule has 0 fully saturated rings. The van der Waals surface area contributed by atoms with Crippen LogP contribution in [-0.4, -0.2) is 22.9 Å². The quantitative estimate of drug-likeness (QED) is 0.0748. The van der Waals surface area contributed by atoms with Gasteiger partial charge in [-0.3, -0.25) is 0 Å². The van der Waals surface area contributed by atoms with Crippen molar-refractivity contribution in [2.45, 2.75) is 0 Å². The van der Waals surface area contributed by atoms with Crippen LogP contribution in [0, 0.1) is 0 Å². The molecule has 0 spiro atoms. The van der Waals surface area contributed by atoms with Gasteiger partial charge in [-0.1, -0.05) is 340 Å². The Labute approximate surface area is 565 Å². The van der Waals surface area contributed by atoms with E-state index < -0.39 is 16.1 Å². The Morgan fingerprint density at radius 3 is 0.792 bits per heavy atom. The van der Waals surface area contributed by atoms with Gasteiger partial charge in [-0.15, -0.1) is 0 Å². The fraction of sp³-hybridized carbons (Fsp3) is 0. The molecule has 2 aliphatic heterocycles. The molecule has 6 heteroatoms. The Balaban J connectivity index is 1.05. The molecule has 0 unspecified atom stereocenters. The number of anilines is 9. The van der Waals surface area contributed by atoms with Crippen LogP contribution in [0.25, 0.3) is 22.3 Å². The lowest BCUT2D eigenvalue weighted by atomic mass is 9.33. The number of nitrogens with zero attached hydrogens (tertiary/aromatic N) is 3. The summed E-state index contributed by atoms with van der Waals surface area (Å²) < 4.78 is 0. The van der Waals surface area contributed by atoms with E-state index in [2.05, 4.69) is 415 Å². The Hall–Kier alpha value is -11.8. The third-order valence-corrected chi connectivity index (χ3v) is 29.5. The Kier molecular flexibility index (Phi) is 15.1. The normalized spacial score (nSPS) is 12.3. The van der Waals surface area contributed by atoms with E-state index in [-0.39, 0.29) is 6.71 Å². The number of benzene rings is 15. The number of hydrogen-bond acceptors (Lipinski definition) is 3. The topological polar surface area (TPSA) is 9.72 Å². The molecule has 2 aliphatic rings. The maximum Gasteiger partial charge on any atom is 0.252 e. The van der Waals surface area contributed by atoms with E-state index in [1.165, 1.54) is 57.9 Å². The summed E-state index contributed by atoms with van der Waals surface area (Å²) in [6, 6.07) is 151. The van der Waals surface area contributed by atoms with E-state index in [0.717, 1.165) is 73.4 Å². The fourth-order valence-electron chi connectivity index (χ4n) is 15.9. The molecule has 15 aromatic carbocycles. The van der Waals surface area contributed by atoms with E-state index in [1.54, 1.807) is 0 Å². The van der Waals surface area contributed by atoms with Crippen molar-refractivity contribution in [1.82, 2.24) is 0 Å². The third kappa shape index (κ3) is 9.71. The smallest absolute Gasteiger partial charge is 0.252 e. The summed E-state index contributed by atoms with van der Waals surface area (Å²) in [6.45, 7) is -0.234. The molecule has 2 heterocycles. The van der Waals surface area contributed by atoms with Crippen LogP contribution in [0.5, 0.6) is 0 Å². The van der Waals surface area contributed by atoms with Gasteiger partial charge in [-0.25, -0.2) is 0 Å². The first kappa shape index (κ1) is 58.1. The van der Waals surface area contributed by atoms with Crippen molar-refractivity contribution < 1.29 is 0 Å². The zero-order chi connectivity index (χ0) is 63.8. The summed E-state index contributed by atoms with van der Waals surface area (Å²) in [5.74, 6) is 0. The number of rotatable bonds is 15. The third-order valence-electron chi connectivity index (χ3n) is 19.9. The predicted molar refractivity (Wildman–Crippen MR) is 413 cm³/mol. The molecule has 15 aromatic rings. The van der Waals surface area contributed by atoms with E-state index >= 15 is 0 Å². The Morgan fingerprint density at radius 2 is 0.479 bits per heavy atom. The molecule has 0 radical (unpaired) electrons. The minimum atomic E-state index is -3.13. The number of fused-ring (bicyclic) bond motifs is 4. The van der Waals surface area contributed by atoms with Crippen molar-refractivity contribution >= 4 is 132 Å². The summed E-state index contributed by atoms with van der Waals surface area (Å²) >= 11 is 0. The molecule has 0 saturated heterocycles. The first-order chi connectivity index (χ1) is 47.7. The van der Waals surface area contributed by atoms with Crippen molar-refractivity contribution in [1.29, 1.82) is 0 Å². The molecule has 17 rings (SSSR count). The molecule has 0 N–H and O–H groups in total. The molecule has 0 aromatic heterocycles. The Bertz CT molecular complexity index is 4710. The van der Waals surface area contributed by atoms with Gasteiger partial charge in [0.25, 0.3) is 6.71 Å². The lowest BCUT2D eigenvalue weighted by Crippen LogP contribution is -2.75. The van der Waals surface area contributed by atoms with Gasteiger partial charge in [0.05, 0.1) is 17.1 Å². The van der Waals surface area contributed by atoms with Gasteiger partial charge in [0.2, 0.25) is 0 Å². The van der Waals surface area contributed by atoms with Crippen LogP contribution in [0.15, 0.2) is 400 Å². The molecule has 452 valence electrons. The molecular weight excluding hydrogens is 1190 g/mol. The van der Waals surface area contributed by atoms with Gasteiger partial charge >= 0.3 is 0 Å². The van der Waals surface area contributed by atoms with Crippen LogP contribution < -0.4 is 72.6 Å². The average Bonchev–Trinajstić information content (AvgIpc) is 0.690. The highest BCUT2D eigenvalue weighted by Gasteiger charge is 2.49. The van der Waals surface area contributed by atoms with E-state index in [0.29, 0.717) is 0 Å². The van der Waals surface area contributed by atoms with Crippen molar-refractivity contribution in [2.75, 3.05) is 14.7 Å². The zero-order valence-electron chi connectivity index (χ0n) is 53.0. The maximum absolute atomic E-state index is 3.13. The standard InChI is InChI=1S/C90H66BN3Si2/c1-11-35-67(36-12-1)80-55-31-33-57-84(80)93-86-65-78(95(72-43-19-5-20-44-72,73-45-21-6-22-46-73)74-47-23-7-24-48-74)59-61-82(86)91-83-62-60-79(96(75-49-25-8-26-50-75,76-51-27-9-28-52-76)77-53-29-10-30-54-77)66-87(83)94(85-58-34-32-56-81(85)68-37-13-2-14-38-68)89-64-71(63-88(93)90(89)91)92(69-39-15-3-16-40-69)70-41-17-4-18-42-70/h1-66H. The first-order valence-electron chi connectivity index (χ1n) is 33.3. The fourth-order valence-corrected chi connectivity index (χ4v) is 25.4. The maximum atomic E-state index is 2.66. The monoisotopic (exact) mass is 1260 g/mol. The van der Waals surface area contributed by atoms with Crippen LogP contribution in [-0.2, 0) is 0 Å². The second-order valence-corrected chi connectivity index (χ2v) is 32.6. The van der Waals surface area contributed by atoms with Gasteiger partial charge in [-0.05, 0) is 130 Å². The van der Waals surface area contributed by atoms with Crippen molar-refractivity contribution in [3.8, 4) is 22.3 Å². The summed E-state index contributed by atoms with van der Waals surface area (Å²) in [6.07, 6.45) is 0. The average molecular weight is 1260 g/mol. The van der Waals surface area contributed by atoms with Crippen molar-refractivity contribution in [2.24, 2.45) is 0 Å². The Morgan fingerprint density at radius 1 is 0.208 bits per heavy atom. The van der Waals surface area contributed by atoms with E-state index in [1.807, 2.05) is 0 Å². The van der Waals surface area contributed by atoms with Gasteiger partial charge in [0.1, 0.15) is 0 Å². The number of hydrogen-bond donors (Lipinski definition) is 0. The van der Waals surface area contributed by atoms with Crippen LogP contribution in [0.1, 0.15) is 0 Å². The SMILES string of the molecule is c1ccc(-c2ccccc2N2c3cc([Si](c4ccccc4)(c4ccccc4)c4ccccc4)ccc3B3c4ccc([Si](c5ccccc5)(c5ccccc5)c5ccccc5)cc4N(c4ccccc4-c4ccccc4)c4cc(N(c5ccccc5)c5ccccc5)cc2c43)cc1. The molecule has 0 amide bonds. The van der Waals surface area contributed by atoms with Crippen molar-refractivity contribution in [3.05, 3.63) is 400 Å². The van der Waals surface area contributed by atoms with Gasteiger partial charge < -0.3 is 14.7 Å². The largest absolute Gasteiger partial charge is 0.311 e. The zero-order valence-corrected chi connectivity index (χ0v) is 55.0. The highest BCUT2D eigenvalue weighted by molar-refractivity contribution is 7.20. The van der Waals surface area contributed by atoms with Gasteiger partial charge in [0.15, 0.2) is 16.1 Å². The minimum absolute atomic E-state index is 0.234. The minimum Gasteiger partial charge on any atom is -0.311 e. The molecule has 3 nitrogen and oxygen atoms in total. The van der Waals surface area contributed by atoms with Crippen LogP contribution in [0.3, 0.4) is 0 Å². The summed E-state index contributed by atoms with van der Waals surface area (Å²) in [4.78, 5) is 7.78. The van der Waals surface area contributed by atoms with Gasteiger partial charge in [0, 0.05) is 45.3 Å². The highest BCUT2D eigenvalue weighted by atomic mass is 28.3. The lowest BCUT2D eigenvalue weighted by molar-refractivity contribution is 1.23. The molecular formula is C90H66BN3Si2. The summed E-state index contributed by atoms with van der Waals surface area (Å²) in [5, 5.41) is 10.6. The first-order valence-corrected chi connectivity index (χ1v) is 37.3. The summed E-state index contributed by atoms with van der Waals surface area (Å²) in [7, 11) is -6.27. The van der Waals surface area contributed by atoms with Crippen molar-refractivity contribution in [3.63, 3.8) is 0 Å². The lowest BCUT2D eigenvalue weighted by Gasteiger charge is -2.46. The van der Waals surface area contributed by atoms with Crippen LogP contribution >= 0.6 is 0 Å². The van der Waals surface area contributed by atoms with E-state index in [9.17, 15) is 0 Å². The highest BCUT2D eigenvalue weighted by Crippen LogP contribution is 2.51. The van der Waals surface area contributed by atoms with Gasteiger partial charge in [-0.2, -0.15) is 0 Å². The number of para-hydroxylation sites is 4. The predicted octanol–water partition coefficient (Wildman–Crippen LogP) is 15.3. The molecule has 0 aliphatic carbocycles. The van der Waals surface area contributed by atoms with Crippen LogP contribution in [0.2, 0.25) is 0 Å². The molecule has 96 heavy (non-hydrogen) atoms. The molecule has 0 saturated carbocycles. The second-order valence-electron chi connectivity index (χ2n) is 25.0. The van der Waals surface area contributed by atoms with Crippen LogP contribution in [0.4, 0.5) is 51.2 Å².